The molecular weight excluding hydrogens is 324 g/mol. The highest BCUT2D eigenvalue weighted by Crippen LogP contribution is 2.09. The van der Waals surface area contributed by atoms with E-state index < -0.39 is 55.0 Å². The lowest BCUT2D eigenvalue weighted by atomic mass is 9.98. The van der Waals surface area contributed by atoms with E-state index in [4.69, 9.17) is 20.4 Å². The Morgan fingerprint density at radius 1 is 0.500 bits per heavy atom. The van der Waals surface area contributed by atoms with Crippen LogP contribution in [0.15, 0.2) is 0 Å². The Morgan fingerprint density at radius 3 is 0.917 bits per heavy atom. The molecule has 0 rings (SSSR count). The molecule has 0 heterocycles. The van der Waals surface area contributed by atoms with Crippen molar-refractivity contribution in [3.8, 4) is 0 Å². The summed E-state index contributed by atoms with van der Waals surface area (Å²) in [6, 6.07) is 0. The van der Waals surface area contributed by atoms with E-state index in [0.29, 0.717) is 0 Å². The molecule has 140 valence electrons. The van der Waals surface area contributed by atoms with E-state index in [-0.39, 0.29) is 38.5 Å². The zero-order valence-corrected chi connectivity index (χ0v) is 13.4. The van der Waals surface area contributed by atoms with E-state index >= 15 is 0 Å². The summed E-state index contributed by atoms with van der Waals surface area (Å²) in [6.45, 7) is -1.15. The monoisotopic (exact) mass is 350 g/mol. The maximum Gasteiger partial charge on any atom is 0.138 e. The summed E-state index contributed by atoms with van der Waals surface area (Å²) in [7, 11) is 0. The molecule has 6 N–H and O–H groups in total. The number of aliphatic hydroxyl groups excluding tert-OH is 6. The number of Topliss-reactive ketones (excluding diaryl/α,β-unsaturated/α-hetero) is 3. The van der Waals surface area contributed by atoms with Gasteiger partial charge in [0.15, 0.2) is 0 Å². The molecule has 9 heteroatoms. The summed E-state index contributed by atoms with van der Waals surface area (Å²) < 4.78 is 0. The first-order chi connectivity index (χ1) is 11.2. The third-order valence-corrected chi connectivity index (χ3v) is 3.20. The minimum absolute atomic E-state index is 0.327. The fourth-order valence-corrected chi connectivity index (χ4v) is 2.10. The van der Waals surface area contributed by atoms with Gasteiger partial charge in [-0.3, -0.25) is 14.4 Å². The largest absolute Gasteiger partial charge is 0.394 e. The van der Waals surface area contributed by atoms with Crippen molar-refractivity contribution < 1.29 is 45.0 Å². The van der Waals surface area contributed by atoms with Crippen molar-refractivity contribution in [2.45, 2.75) is 62.9 Å². The molecular formula is C15H26O9. The molecule has 0 spiro atoms. The molecule has 0 amide bonds. The second-order valence-corrected chi connectivity index (χ2v) is 5.82. The number of carbonyl (C=O) groups excluding carboxylic acids is 3. The normalized spacial score (nSPS) is 16.2. The molecule has 0 fully saturated rings. The molecule has 0 aromatic rings. The molecule has 9 nitrogen and oxygen atoms in total. The number of rotatable bonds is 14. The van der Waals surface area contributed by atoms with E-state index in [0.717, 1.165) is 0 Å². The first-order valence-corrected chi connectivity index (χ1v) is 7.66. The van der Waals surface area contributed by atoms with Gasteiger partial charge in [0.05, 0.1) is 37.6 Å². The molecule has 0 aliphatic carbocycles. The number of ketones is 3. The third kappa shape index (κ3) is 11.3. The van der Waals surface area contributed by atoms with Gasteiger partial charge in [-0.2, -0.15) is 0 Å². The second kappa shape index (κ2) is 12.2. The molecule has 0 aromatic carbocycles. The van der Waals surface area contributed by atoms with Crippen LogP contribution in [-0.4, -0.2) is 85.6 Å². The molecule has 0 aromatic heterocycles. The zero-order chi connectivity index (χ0) is 18.7. The van der Waals surface area contributed by atoms with Gasteiger partial charge in [0.1, 0.15) is 17.3 Å². The van der Waals surface area contributed by atoms with Gasteiger partial charge in [0.2, 0.25) is 0 Å². The summed E-state index contributed by atoms with van der Waals surface area (Å²) in [4.78, 5) is 34.5. The van der Waals surface area contributed by atoms with Crippen molar-refractivity contribution in [2.24, 2.45) is 0 Å². The van der Waals surface area contributed by atoms with Gasteiger partial charge in [-0.25, -0.2) is 0 Å². The van der Waals surface area contributed by atoms with Crippen LogP contribution in [0.1, 0.15) is 38.5 Å². The number of hydrogen-bond acceptors (Lipinski definition) is 9. The average Bonchev–Trinajstić information content (AvgIpc) is 2.45. The maximum absolute atomic E-state index is 11.7. The highest BCUT2D eigenvalue weighted by molar-refractivity contribution is 5.84. The van der Waals surface area contributed by atoms with Crippen molar-refractivity contribution in [3.05, 3.63) is 0 Å². The molecule has 0 aliphatic rings. The van der Waals surface area contributed by atoms with Gasteiger partial charge in [0, 0.05) is 38.5 Å². The summed E-state index contributed by atoms with van der Waals surface area (Å²) in [5.74, 6) is -1.56. The summed E-state index contributed by atoms with van der Waals surface area (Å²) >= 11 is 0. The van der Waals surface area contributed by atoms with Gasteiger partial charge in [-0.1, -0.05) is 0 Å². The predicted molar refractivity (Wildman–Crippen MR) is 80.9 cm³/mol. The SMILES string of the molecule is O=C(CC(O)CO)CC(O)CC(=O)CC(O)CC(=O)CC(O)CO. The van der Waals surface area contributed by atoms with Crippen LogP contribution in [0.25, 0.3) is 0 Å². The standard InChI is InChI=1S/C15H26O9/c16-7-14(23)5-12(21)3-10(19)1-9(18)2-11(20)4-13(22)6-15(24)8-17/h10-11,14-17,19-20,23-24H,1-8H2. The van der Waals surface area contributed by atoms with Gasteiger partial charge in [-0.05, 0) is 0 Å². The van der Waals surface area contributed by atoms with Gasteiger partial charge >= 0.3 is 0 Å². The van der Waals surface area contributed by atoms with Gasteiger partial charge in [-0.15, -0.1) is 0 Å². The first-order valence-electron chi connectivity index (χ1n) is 7.66. The van der Waals surface area contributed by atoms with Crippen LogP contribution < -0.4 is 0 Å². The second-order valence-electron chi connectivity index (χ2n) is 5.82. The van der Waals surface area contributed by atoms with Crippen molar-refractivity contribution in [2.75, 3.05) is 13.2 Å². The molecule has 0 radical (unpaired) electrons. The minimum atomic E-state index is -1.27. The van der Waals surface area contributed by atoms with E-state index in [1.54, 1.807) is 0 Å². The quantitative estimate of drug-likeness (QED) is 0.197. The number of aliphatic hydroxyl groups is 6. The van der Waals surface area contributed by atoms with Crippen LogP contribution in [-0.2, 0) is 14.4 Å². The smallest absolute Gasteiger partial charge is 0.138 e. The van der Waals surface area contributed by atoms with Gasteiger partial charge in [0.25, 0.3) is 0 Å². The fraction of sp³-hybridized carbons (Fsp3) is 0.800. The Labute approximate surface area is 139 Å². The first kappa shape index (κ1) is 22.8. The lowest BCUT2D eigenvalue weighted by Crippen LogP contribution is -2.25. The van der Waals surface area contributed by atoms with Crippen molar-refractivity contribution in [3.63, 3.8) is 0 Å². The Morgan fingerprint density at radius 2 is 0.708 bits per heavy atom. The van der Waals surface area contributed by atoms with E-state index in [1.165, 1.54) is 0 Å². The van der Waals surface area contributed by atoms with Crippen molar-refractivity contribution in [1.29, 1.82) is 0 Å². The lowest BCUT2D eigenvalue weighted by molar-refractivity contribution is -0.126. The molecule has 0 bridgehead atoms. The van der Waals surface area contributed by atoms with Crippen LogP contribution in [0.3, 0.4) is 0 Å². The lowest BCUT2D eigenvalue weighted by Gasteiger charge is -2.13. The van der Waals surface area contributed by atoms with E-state index in [2.05, 4.69) is 0 Å². The van der Waals surface area contributed by atoms with Crippen LogP contribution in [0.5, 0.6) is 0 Å². The Balaban J connectivity index is 4.10. The molecule has 24 heavy (non-hydrogen) atoms. The minimum Gasteiger partial charge on any atom is -0.394 e. The van der Waals surface area contributed by atoms with Crippen molar-refractivity contribution in [1.82, 2.24) is 0 Å². The molecule has 0 saturated heterocycles. The van der Waals surface area contributed by atoms with Crippen LogP contribution in [0.4, 0.5) is 0 Å². The zero-order valence-electron chi connectivity index (χ0n) is 13.4. The van der Waals surface area contributed by atoms with E-state index in [1.807, 2.05) is 0 Å². The summed E-state index contributed by atoms with van der Waals surface area (Å²) in [5.41, 5.74) is 0. The van der Waals surface area contributed by atoms with E-state index in [9.17, 15) is 24.6 Å². The van der Waals surface area contributed by atoms with Crippen LogP contribution in [0, 0.1) is 0 Å². The Kier molecular flexibility index (Phi) is 11.6. The molecule has 4 unspecified atom stereocenters. The molecule has 0 saturated carbocycles. The van der Waals surface area contributed by atoms with Crippen LogP contribution in [0.2, 0.25) is 0 Å². The summed E-state index contributed by atoms with van der Waals surface area (Å²) in [6.07, 6.45) is -7.09. The molecule has 0 aliphatic heterocycles. The topological polar surface area (TPSA) is 173 Å². The van der Waals surface area contributed by atoms with Crippen LogP contribution >= 0.6 is 0 Å². The summed E-state index contributed by atoms with van der Waals surface area (Å²) in [5, 5.41) is 54.6. The third-order valence-electron chi connectivity index (χ3n) is 3.20. The average molecular weight is 350 g/mol. The highest BCUT2D eigenvalue weighted by Gasteiger charge is 2.21. The fourth-order valence-electron chi connectivity index (χ4n) is 2.10. The Bertz CT molecular complexity index is 374. The number of carbonyl (C=O) groups is 3. The maximum atomic E-state index is 11.7. The highest BCUT2D eigenvalue weighted by atomic mass is 16.3. The number of hydrogen-bond donors (Lipinski definition) is 6. The van der Waals surface area contributed by atoms with Crippen molar-refractivity contribution >= 4 is 17.3 Å². The molecule has 4 atom stereocenters. The predicted octanol–water partition coefficient (Wildman–Crippen LogP) is -2.54. The van der Waals surface area contributed by atoms with Gasteiger partial charge < -0.3 is 30.6 Å². The Hall–Kier alpha value is -1.23.